The molecule has 0 aliphatic heterocycles. The van der Waals surface area contributed by atoms with Crippen molar-refractivity contribution in [2.45, 2.75) is 49.4 Å². The molecule has 1 atom stereocenters. The van der Waals surface area contributed by atoms with Crippen LogP contribution in [-0.2, 0) is 9.59 Å². The Kier molecular flexibility index (Phi) is 9.51. The Morgan fingerprint density at radius 2 is 1.79 bits per heavy atom. The van der Waals surface area contributed by atoms with Crippen molar-refractivity contribution in [2.75, 3.05) is 13.6 Å². The molecule has 1 fully saturated rings. The van der Waals surface area contributed by atoms with Gasteiger partial charge in [0.2, 0.25) is 0 Å². The van der Waals surface area contributed by atoms with Crippen LogP contribution in [0.3, 0.4) is 0 Å². The fourth-order valence-electron chi connectivity index (χ4n) is 3.53. The van der Waals surface area contributed by atoms with Gasteiger partial charge in [0.15, 0.2) is 0 Å². The van der Waals surface area contributed by atoms with Crippen LogP contribution in [0.25, 0.3) is 0 Å². The zero-order valence-corrected chi connectivity index (χ0v) is 19.6. The van der Waals surface area contributed by atoms with Gasteiger partial charge in [-0.25, -0.2) is 0 Å². The molecule has 8 heteroatoms. The van der Waals surface area contributed by atoms with Gasteiger partial charge in [-0.2, -0.15) is 0 Å². The summed E-state index contributed by atoms with van der Waals surface area (Å²) in [5.41, 5.74) is 1.98. The fourth-order valence-corrected chi connectivity index (χ4v) is 7.08. The molecule has 160 valence electrons. The minimum atomic E-state index is -1.70. The molecular formula is C21H29AsClNO5. The summed E-state index contributed by atoms with van der Waals surface area (Å²) in [7, 11) is 1.73. The summed E-state index contributed by atoms with van der Waals surface area (Å²) < 4.78 is 5.68. The van der Waals surface area contributed by atoms with Crippen molar-refractivity contribution in [3.05, 3.63) is 29.3 Å². The molecule has 1 aliphatic rings. The van der Waals surface area contributed by atoms with E-state index in [1.165, 1.54) is 0 Å². The molecule has 0 saturated heterocycles. The normalized spacial score (nSPS) is 20.0. The van der Waals surface area contributed by atoms with Crippen LogP contribution in [0.2, 0.25) is 15.9 Å². The minimum Gasteiger partial charge on any atom is -0.0843 e. The van der Waals surface area contributed by atoms with Gasteiger partial charge < -0.3 is 0 Å². The molecule has 0 heterocycles. The van der Waals surface area contributed by atoms with E-state index in [9.17, 15) is 14.4 Å². The summed E-state index contributed by atoms with van der Waals surface area (Å²) in [5, 5.41) is 9.94. The van der Waals surface area contributed by atoms with Crippen molar-refractivity contribution in [2.24, 2.45) is 11.8 Å². The van der Waals surface area contributed by atoms with Crippen molar-refractivity contribution >= 4 is 42.9 Å². The first-order chi connectivity index (χ1) is 13.8. The van der Waals surface area contributed by atoms with Crippen molar-refractivity contribution in [3.63, 3.8) is 0 Å². The zero-order valence-electron chi connectivity index (χ0n) is 17.0. The van der Waals surface area contributed by atoms with Crippen LogP contribution in [0.4, 0.5) is 4.79 Å². The van der Waals surface area contributed by atoms with Gasteiger partial charge in [-0.15, -0.1) is 0 Å². The quantitative estimate of drug-likeness (QED) is 0.514. The zero-order chi connectivity index (χ0) is 21.4. The average molecular weight is 486 g/mol. The van der Waals surface area contributed by atoms with Gasteiger partial charge in [-0.05, 0) is 12.1 Å². The number of hydrogen-bond donors (Lipinski definition) is 1. The van der Waals surface area contributed by atoms with Crippen LogP contribution in [0.5, 0.6) is 5.75 Å². The van der Waals surface area contributed by atoms with Crippen LogP contribution in [-0.4, -0.2) is 54.9 Å². The number of benzene rings is 1. The average Bonchev–Trinajstić information content (AvgIpc) is 2.71. The van der Waals surface area contributed by atoms with Crippen LogP contribution in [0.15, 0.2) is 24.3 Å². The number of carbonyl (C=O) groups excluding carboxylic acids is 2. The summed E-state index contributed by atoms with van der Waals surface area (Å²) in [6.07, 6.45) is 4.34. The second-order valence-corrected chi connectivity index (χ2v) is 12.9. The number of carbonyl (C=O) groups is 3. The number of nitrogens with zero attached hydrogens (tertiary/aromatic N) is 1. The summed E-state index contributed by atoms with van der Waals surface area (Å²) >= 11 is 4.13. The van der Waals surface area contributed by atoms with Gasteiger partial charge in [0.25, 0.3) is 0 Å². The summed E-state index contributed by atoms with van der Waals surface area (Å²) in [4.78, 5) is 37.0. The SMILES string of the molecule is CN(CCC1CCC(C(=O)[As](C)CCC(=O)O)CC1)C(=O)Oc1ccc(Cl)cc1. The minimum absolute atomic E-state index is 0.107. The first-order valence-electron chi connectivity index (χ1n) is 9.91. The Balaban J connectivity index is 1.69. The van der Waals surface area contributed by atoms with E-state index >= 15 is 0 Å². The summed E-state index contributed by atoms with van der Waals surface area (Å²) in [6, 6.07) is 6.67. The molecule has 1 N–H and O–H groups in total. The van der Waals surface area contributed by atoms with Crippen molar-refractivity contribution in [3.8, 4) is 5.75 Å². The van der Waals surface area contributed by atoms with E-state index < -0.39 is 26.7 Å². The van der Waals surface area contributed by atoms with Crippen LogP contribution >= 0.6 is 11.6 Å². The number of carboxylic acid groups (broad SMARTS) is 1. The van der Waals surface area contributed by atoms with Gasteiger partial charge in [0, 0.05) is 5.02 Å². The van der Waals surface area contributed by atoms with E-state index in [0.717, 1.165) is 32.1 Å². The third-order valence-electron chi connectivity index (χ3n) is 5.44. The predicted octanol–water partition coefficient (Wildman–Crippen LogP) is 4.67. The smallest absolute Gasteiger partial charge is 0.0843 e. The Labute approximate surface area is 181 Å². The number of rotatable bonds is 9. The third kappa shape index (κ3) is 8.02. The standard InChI is InChI=1S/C21H29AsClNO5/c1-22(13-11-19(25)26)20(27)16-5-3-15(4-6-16)12-14-24(2)21(28)29-18-9-7-17(23)8-10-18/h7-10,15-16H,3-6,11-14H2,1-2H3,(H,25,26). The Morgan fingerprint density at radius 1 is 1.17 bits per heavy atom. The number of ether oxygens (including phenoxy) is 1. The molecule has 1 unspecified atom stereocenters. The molecule has 0 spiro atoms. The van der Waals surface area contributed by atoms with E-state index in [1.54, 1.807) is 36.2 Å². The van der Waals surface area contributed by atoms with E-state index in [-0.39, 0.29) is 12.3 Å². The van der Waals surface area contributed by atoms with Crippen molar-refractivity contribution < 1.29 is 24.2 Å². The maximum absolute atomic E-state index is 12.6. The first kappa shape index (κ1) is 23.8. The molecule has 0 bridgehead atoms. The first-order valence-corrected chi connectivity index (χ1v) is 14.4. The fraction of sp³-hybridized carbons (Fsp3) is 0.571. The number of carboxylic acids is 1. The van der Waals surface area contributed by atoms with Gasteiger partial charge in [0.1, 0.15) is 0 Å². The van der Waals surface area contributed by atoms with Gasteiger partial charge in [-0.1, -0.05) is 11.6 Å². The summed E-state index contributed by atoms with van der Waals surface area (Å²) in [5.74, 6) is 0.257. The Bertz CT molecular complexity index is 704. The molecule has 1 aromatic carbocycles. The molecular weight excluding hydrogens is 457 g/mol. The van der Waals surface area contributed by atoms with E-state index in [4.69, 9.17) is 21.4 Å². The number of amides is 1. The number of hydrogen-bond acceptors (Lipinski definition) is 4. The monoisotopic (exact) mass is 485 g/mol. The van der Waals surface area contributed by atoms with Crippen molar-refractivity contribution in [1.29, 1.82) is 0 Å². The van der Waals surface area contributed by atoms with Crippen LogP contribution in [0.1, 0.15) is 38.5 Å². The van der Waals surface area contributed by atoms with Crippen LogP contribution in [0, 0.1) is 11.8 Å². The van der Waals surface area contributed by atoms with E-state index in [1.807, 2.05) is 5.71 Å². The molecule has 0 radical (unpaired) electrons. The number of halogens is 1. The van der Waals surface area contributed by atoms with Gasteiger partial charge in [-0.3, -0.25) is 0 Å². The molecule has 2 rings (SSSR count). The Morgan fingerprint density at radius 3 is 2.38 bits per heavy atom. The second kappa shape index (κ2) is 11.6. The topological polar surface area (TPSA) is 83.9 Å². The molecule has 6 nitrogen and oxygen atoms in total. The van der Waals surface area contributed by atoms with Crippen LogP contribution < -0.4 is 4.74 Å². The van der Waals surface area contributed by atoms with Gasteiger partial charge in [0.05, 0.1) is 0 Å². The van der Waals surface area contributed by atoms with E-state index in [0.29, 0.717) is 33.0 Å². The van der Waals surface area contributed by atoms with Gasteiger partial charge >= 0.3 is 153 Å². The Hall–Kier alpha value is -1.52. The molecule has 29 heavy (non-hydrogen) atoms. The van der Waals surface area contributed by atoms with E-state index in [2.05, 4.69) is 0 Å². The van der Waals surface area contributed by atoms with Crippen molar-refractivity contribution in [1.82, 2.24) is 4.90 Å². The molecule has 1 amide bonds. The molecule has 0 aromatic heterocycles. The third-order valence-corrected chi connectivity index (χ3v) is 9.91. The number of aliphatic carboxylic acids is 1. The molecule has 1 saturated carbocycles. The maximum atomic E-state index is 12.6. The second-order valence-electron chi connectivity index (χ2n) is 7.65. The summed E-state index contributed by atoms with van der Waals surface area (Å²) in [6.45, 7) is 0.611. The molecule has 1 aromatic rings. The molecule has 1 aliphatic carbocycles. The predicted molar refractivity (Wildman–Crippen MR) is 114 cm³/mol.